The van der Waals surface area contributed by atoms with Gasteiger partial charge in [0.25, 0.3) is 0 Å². The first kappa shape index (κ1) is 18.0. The van der Waals surface area contributed by atoms with Crippen molar-refractivity contribution in [3.05, 3.63) is 52.3 Å². The highest BCUT2D eigenvalue weighted by atomic mass is 15.3. The minimum Gasteiger partial charge on any atom is -0.357 e. The lowest BCUT2D eigenvalue weighted by Gasteiger charge is -2.12. The molecule has 0 fully saturated rings. The summed E-state index contributed by atoms with van der Waals surface area (Å²) in [7, 11) is 1.98. The summed E-state index contributed by atoms with van der Waals surface area (Å²) in [5, 5.41) is 11.2. The molecule has 0 aliphatic rings. The molecule has 2 rings (SSSR count). The van der Waals surface area contributed by atoms with Crippen molar-refractivity contribution in [3.8, 4) is 0 Å². The number of aromatic nitrogens is 2. The van der Waals surface area contributed by atoms with Gasteiger partial charge in [-0.05, 0) is 38.3 Å². The molecule has 1 heterocycles. The molecule has 1 aromatic heterocycles. The van der Waals surface area contributed by atoms with Crippen LogP contribution in [0.15, 0.2) is 29.3 Å². The van der Waals surface area contributed by atoms with E-state index in [1.165, 1.54) is 22.4 Å². The van der Waals surface area contributed by atoms with Crippen LogP contribution < -0.4 is 10.6 Å². The first-order valence-corrected chi connectivity index (χ1v) is 8.64. The van der Waals surface area contributed by atoms with Gasteiger partial charge >= 0.3 is 0 Å². The second-order valence-corrected chi connectivity index (χ2v) is 5.94. The highest BCUT2D eigenvalue weighted by Crippen LogP contribution is 2.12. The average Bonchev–Trinajstić information content (AvgIpc) is 2.83. The topological polar surface area (TPSA) is 54.2 Å². The Labute approximate surface area is 145 Å². The fourth-order valence-corrected chi connectivity index (χ4v) is 2.81. The number of hydrogen-bond donors (Lipinski definition) is 2. The fraction of sp³-hybridized carbons (Fsp3) is 0.474. The molecule has 5 heteroatoms. The average molecular weight is 327 g/mol. The molecule has 130 valence electrons. The largest absolute Gasteiger partial charge is 0.357 e. The van der Waals surface area contributed by atoms with Crippen LogP contribution in [0.4, 0.5) is 0 Å². The lowest BCUT2D eigenvalue weighted by Crippen LogP contribution is -2.37. The number of aryl methyl sites for hydroxylation is 3. The van der Waals surface area contributed by atoms with Gasteiger partial charge in [0.2, 0.25) is 0 Å². The molecule has 0 saturated carbocycles. The Balaban J connectivity index is 2.08. The Hall–Kier alpha value is -2.30. The normalized spacial score (nSPS) is 11.6. The van der Waals surface area contributed by atoms with Crippen LogP contribution in [0, 0.1) is 13.8 Å². The summed E-state index contributed by atoms with van der Waals surface area (Å²) < 4.78 is 1.92. The van der Waals surface area contributed by atoms with E-state index in [9.17, 15) is 0 Å². The van der Waals surface area contributed by atoms with Crippen LogP contribution in [-0.4, -0.2) is 22.3 Å². The van der Waals surface area contributed by atoms with Gasteiger partial charge in [-0.25, -0.2) is 4.99 Å². The number of nitrogens with zero attached hydrogens (tertiary/aromatic N) is 3. The van der Waals surface area contributed by atoms with Crippen molar-refractivity contribution in [2.75, 3.05) is 6.54 Å². The van der Waals surface area contributed by atoms with E-state index in [0.29, 0.717) is 6.54 Å². The molecular weight excluding hydrogens is 298 g/mol. The molecule has 0 radical (unpaired) electrons. The SMILES string of the molecule is CCNC(=NCc1ccccc1CC)NCc1c(C)nn(C)c1C. The van der Waals surface area contributed by atoms with E-state index < -0.39 is 0 Å². The molecule has 0 bridgehead atoms. The quantitative estimate of drug-likeness (QED) is 0.634. The minimum atomic E-state index is 0.685. The number of guanidine groups is 1. The summed E-state index contributed by atoms with van der Waals surface area (Å²) in [4.78, 5) is 4.74. The van der Waals surface area contributed by atoms with Crippen molar-refractivity contribution in [1.82, 2.24) is 20.4 Å². The Morgan fingerprint density at radius 2 is 1.83 bits per heavy atom. The number of nitrogens with one attached hydrogen (secondary N) is 2. The summed E-state index contributed by atoms with van der Waals surface area (Å²) in [5.41, 5.74) is 6.13. The van der Waals surface area contributed by atoms with Crippen LogP contribution >= 0.6 is 0 Å². The number of hydrogen-bond acceptors (Lipinski definition) is 2. The maximum absolute atomic E-state index is 4.74. The first-order valence-electron chi connectivity index (χ1n) is 8.64. The van der Waals surface area contributed by atoms with Crippen LogP contribution in [-0.2, 0) is 26.6 Å². The Morgan fingerprint density at radius 3 is 2.42 bits per heavy atom. The molecule has 2 N–H and O–H groups in total. The molecular formula is C19H29N5. The van der Waals surface area contributed by atoms with Gasteiger partial charge in [-0.3, -0.25) is 4.68 Å². The van der Waals surface area contributed by atoms with Gasteiger partial charge in [-0.2, -0.15) is 5.10 Å². The lowest BCUT2D eigenvalue weighted by molar-refractivity contribution is 0.728. The zero-order valence-corrected chi connectivity index (χ0v) is 15.5. The van der Waals surface area contributed by atoms with Crippen molar-refractivity contribution in [2.24, 2.45) is 12.0 Å². The maximum atomic E-state index is 4.74. The van der Waals surface area contributed by atoms with E-state index in [0.717, 1.165) is 31.2 Å². The van der Waals surface area contributed by atoms with E-state index in [1.807, 2.05) is 18.7 Å². The monoisotopic (exact) mass is 327 g/mol. The number of rotatable bonds is 6. The third-order valence-electron chi connectivity index (χ3n) is 4.34. The Bertz CT molecular complexity index is 700. The van der Waals surface area contributed by atoms with Crippen molar-refractivity contribution in [2.45, 2.75) is 47.2 Å². The molecule has 0 aliphatic carbocycles. The number of benzene rings is 1. The zero-order valence-electron chi connectivity index (χ0n) is 15.5. The molecule has 0 atom stereocenters. The Morgan fingerprint density at radius 1 is 1.12 bits per heavy atom. The van der Waals surface area contributed by atoms with Crippen molar-refractivity contribution in [3.63, 3.8) is 0 Å². The standard InChI is InChI=1S/C19H29N5/c1-6-16-10-8-9-11-17(16)12-21-19(20-7-2)22-13-18-14(3)23-24(5)15(18)4/h8-11H,6-7,12-13H2,1-5H3,(H2,20,21,22). The summed E-state index contributed by atoms with van der Waals surface area (Å²) in [6.45, 7) is 10.7. The summed E-state index contributed by atoms with van der Waals surface area (Å²) in [5.74, 6) is 0.839. The summed E-state index contributed by atoms with van der Waals surface area (Å²) >= 11 is 0. The predicted octanol–water partition coefficient (Wildman–Crippen LogP) is 2.85. The van der Waals surface area contributed by atoms with Crippen LogP contribution in [0.25, 0.3) is 0 Å². The highest BCUT2D eigenvalue weighted by Gasteiger charge is 2.09. The van der Waals surface area contributed by atoms with Crippen LogP contribution in [0.2, 0.25) is 0 Å². The van der Waals surface area contributed by atoms with Gasteiger partial charge < -0.3 is 10.6 Å². The smallest absolute Gasteiger partial charge is 0.191 e. The van der Waals surface area contributed by atoms with E-state index in [1.54, 1.807) is 0 Å². The van der Waals surface area contributed by atoms with Crippen LogP contribution in [0.3, 0.4) is 0 Å². The number of aliphatic imine (C=N–C) groups is 1. The van der Waals surface area contributed by atoms with Gasteiger partial charge in [0, 0.05) is 31.4 Å². The molecule has 0 saturated heterocycles. The molecule has 5 nitrogen and oxygen atoms in total. The van der Waals surface area contributed by atoms with E-state index in [4.69, 9.17) is 4.99 Å². The molecule has 2 aromatic rings. The summed E-state index contributed by atoms with van der Waals surface area (Å²) in [6, 6.07) is 8.49. The van der Waals surface area contributed by atoms with Crippen molar-refractivity contribution >= 4 is 5.96 Å². The van der Waals surface area contributed by atoms with E-state index in [2.05, 4.69) is 60.8 Å². The molecule has 24 heavy (non-hydrogen) atoms. The van der Waals surface area contributed by atoms with Gasteiger partial charge in [-0.15, -0.1) is 0 Å². The zero-order chi connectivity index (χ0) is 17.5. The third kappa shape index (κ3) is 4.37. The van der Waals surface area contributed by atoms with Crippen LogP contribution in [0.5, 0.6) is 0 Å². The predicted molar refractivity (Wildman–Crippen MR) is 100 cm³/mol. The van der Waals surface area contributed by atoms with Gasteiger partial charge in [0.1, 0.15) is 0 Å². The molecule has 0 spiro atoms. The third-order valence-corrected chi connectivity index (χ3v) is 4.34. The van der Waals surface area contributed by atoms with Crippen LogP contribution in [0.1, 0.15) is 41.9 Å². The highest BCUT2D eigenvalue weighted by molar-refractivity contribution is 5.79. The van der Waals surface area contributed by atoms with E-state index >= 15 is 0 Å². The lowest BCUT2D eigenvalue weighted by atomic mass is 10.1. The van der Waals surface area contributed by atoms with Gasteiger partial charge in [0.15, 0.2) is 5.96 Å². The maximum Gasteiger partial charge on any atom is 0.191 e. The van der Waals surface area contributed by atoms with Gasteiger partial charge in [-0.1, -0.05) is 31.2 Å². The summed E-state index contributed by atoms with van der Waals surface area (Å²) in [6.07, 6.45) is 1.03. The molecule has 0 aliphatic heterocycles. The van der Waals surface area contributed by atoms with Crippen molar-refractivity contribution in [1.29, 1.82) is 0 Å². The Kier molecular flexibility index (Phi) is 6.41. The second-order valence-electron chi connectivity index (χ2n) is 5.94. The minimum absolute atomic E-state index is 0.685. The first-order chi connectivity index (χ1) is 11.6. The second kappa shape index (κ2) is 8.52. The molecule has 0 amide bonds. The van der Waals surface area contributed by atoms with Gasteiger partial charge in [0.05, 0.1) is 12.2 Å². The molecule has 1 aromatic carbocycles. The fourth-order valence-electron chi connectivity index (χ4n) is 2.81. The van der Waals surface area contributed by atoms with E-state index in [-0.39, 0.29) is 0 Å². The molecule has 0 unspecified atom stereocenters. The van der Waals surface area contributed by atoms with Crippen molar-refractivity contribution < 1.29 is 0 Å².